The Morgan fingerprint density at radius 1 is 0.953 bits per heavy atom. The minimum Gasteiger partial charge on any atom is -0.468 e. The highest BCUT2D eigenvalue weighted by Gasteiger charge is 2.47. The maximum Gasteiger partial charge on any atom is 0.407 e. The number of rotatable bonds is 13. The molecule has 5 atom stereocenters. The maximum absolute atomic E-state index is 14.0. The highest BCUT2D eigenvalue weighted by Crippen LogP contribution is 2.29. The number of ether oxygens (including phenoxy) is 3. The highest BCUT2D eigenvalue weighted by molar-refractivity contribution is 6.38. The van der Waals surface area contributed by atoms with Crippen LogP contribution in [0.3, 0.4) is 0 Å². The molecule has 0 bridgehead atoms. The van der Waals surface area contributed by atoms with Crippen molar-refractivity contribution in [2.45, 2.75) is 112 Å². The fraction of sp³-hybridized carbons (Fsp3) is 0.800. The van der Waals surface area contributed by atoms with E-state index in [9.17, 15) is 28.8 Å². The van der Waals surface area contributed by atoms with Crippen LogP contribution in [0.15, 0.2) is 0 Å². The standard InChI is InChI=1S/C30H52N4O9/c1-12-18(4)22(23(36)26(38)31-14-21(35)41-11)32-25(37)20-13-19(43-30(8,9)10)15-34(20)27(39)24(29(5,6)7)33-28(40)42-16-17(2)3/h17-20,22,24H,12-16H2,1-11H3,(H,31,38)(H,32,37)(H,33,40)/t18-,19-,20+,22?,24?/m1/s1. The second-order valence-corrected chi connectivity index (χ2v) is 13.5. The van der Waals surface area contributed by atoms with Gasteiger partial charge in [0.25, 0.3) is 5.91 Å². The number of carbonyl (C=O) groups is 6. The predicted octanol–water partition coefficient (Wildman–Crippen LogP) is 1.96. The summed E-state index contributed by atoms with van der Waals surface area (Å²) in [6.07, 6.45) is -0.655. The lowest BCUT2D eigenvalue weighted by molar-refractivity contribution is -0.145. The lowest BCUT2D eigenvalue weighted by Gasteiger charge is -2.35. The summed E-state index contributed by atoms with van der Waals surface area (Å²) in [6.45, 7) is 18.0. The highest BCUT2D eigenvalue weighted by atomic mass is 16.5. The molecule has 0 saturated carbocycles. The lowest BCUT2D eigenvalue weighted by Crippen LogP contribution is -2.59. The van der Waals surface area contributed by atoms with Crippen LogP contribution in [-0.4, -0.2) is 97.1 Å². The third-order valence-corrected chi connectivity index (χ3v) is 6.93. The van der Waals surface area contributed by atoms with E-state index in [0.717, 1.165) is 7.11 Å². The average Bonchev–Trinajstić information content (AvgIpc) is 3.32. The Hall–Kier alpha value is -3.22. The van der Waals surface area contributed by atoms with Crippen LogP contribution in [0.25, 0.3) is 0 Å². The van der Waals surface area contributed by atoms with E-state index >= 15 is 0 Å². The summed E-state index contributed by atoms with van der Waals surface area (Å²) in [6, 6.07) is -3.29. The van der Waals surface area contributed by atoms with Crippen molar-refractivity contribution in [2.75, 3.05) is 26.8 Å². The van der Waals surface area contributed by atoms with Gasteiger partial charge in [0.2, 0.25) is 17.6 Å². The molecule has 1 aliphatic heterocycles. The second-order valence-electron chi connectivity index (χ2n) is 13.5. The molecule has 3 N–H and O–H groups in total. The van der Waals surface area contributed by atoms with Crippen LogP contribution < -0.4 is 16.0 Å². The van der Waals surface area contributed by atoms with E-state index in [1.165, 1.54) is 4.90 Å². The number of esters is 1. The van der Waals surface area contributed by atoms with Crippen molar-refractivity contribution in [3.05, 3.63) is 0 Å². The summed E-state index contributed by atoms with van der Waals surface area (Å²) < 4.78 is 15.9. The van der Waals surface area contributed by atoms with Gasteiger partial charge in [-0.1, -0.05) is 54.9 Å². The van der Waals surface area contributed by atoms with Crippen molar-refractivity contribution in [2.24, 2.45) is 17.3 Å². The van der Waals surface area contributed by atoms with Crippen LogP contribution in [0.5, 0.6) is 0 Å². The fourth-order valence-electron chi connectivity index (χ4n) is 4.50. The Labute approximate surface area is 255 Å². The van der Waals surface area contributed by atoms with E-state index in [-0.39, 0.29) is 25.5 Å². The van der Waals surface area contributed by atoms with Gasteiger partial charge in [0.15, 0.2) is 0 Å². The van der Waals surface area contributed by atoms with Gasteiger partial charge >= 0.3 is 12.1 Å². The smallest absolute Gasteiger partial charge is 0.407 e. The monoisotopic (exact) mass is 612 g/mol. The molecule has 0 aromatic rings. The van der Waals surface area contributed by atoms with E-state index in [1.54, 1.807) is 34.6 Å². The molecule has 1 heterocycles. The minimum absolute atomic E-state index is 0.0745. The molecule has 13 nitrogen and oxygen atoms in total. The third kappa shape index (κ3) is 12.1. The van der Waals surface area contributed by atoms with Crippen LogP contribution in [0.4, 0.5) is 4.79 Å². The first kappa shape index (κ1) is 37.8. The summed E-state index contributed by atoms with van der Waals surface area (Å²) in [5.74, 6) is -4.18. The zero-order chi connectivity index (χ0) is 33.3. The van der Waals surface area contributed by atoms with E-state index < -0.39 is 83.3 Å². The summed E-state index contributed by atoms with van der Waals surface area (Å²) >= 11 is 0. The Morgan fingerprint density at radius 3 is 2.05 bits per heavy atom. The molecule has 0 aromatic carbocycles. The molecule has 0 aromatic heterocycles. The first-order chi connectivity index (χ1) is 19.7. The molecule has 2 unspecified atom stereocenters. The SMILES string of the molecule is CC[C@@H](C)C(NC(=O)[C@@H]1C[C@@H](OC(C)(C)C)CN1C(=O)C(NC(=O)OCC(C)C)C(C)(C)C)C(=O)C(=O)NCC(=O)OC. The predicted molar refractivity (Wildman–Crippen MR) is 159 cm³/mol. The second kappa shape index (κ2) is 16.0. The zero-order valence-electron chi connectivity index (χ0n) is 27.6. The number of alkyl carbamates (subject to hydrolysis) is 1. The minimum atomic E-state index is -1.21. The van der Waals surface area contributed by atoms with Gasteiger partial charge < -0.3 is 35.1 Å². The number of amides is 4. The van der Waals surface area contributed by atoms with Crippen molar-refractivity contribution in [1.29, 1.82) is 0 Å². The summed E-state index contributed by atoms with van der Waals surface area (Å²) in [7, 11) is 1.15. The van der Waals surface area contributed by atoms with E-state index in [4.69, 9.17) is 9.47 Å². The number of Topliss-reactive ketones (excluding diaryl/α,β-unsaturated/α-hetero) is 1. The van der Waals surface area contributed by atoms with Gasteiger partial charge in [-0.25, -0.2) is 4.79 Å². The topological polar surface area (TPSA) is 169 Å². The van der Waals surface area contributed by atoms with Crippen molar-refractivity contribution >= 4 is 35.6 Å². The first-order valence-electron chi connectivity index (χ1n) is 14.8. The Balaban J connectivity index is 3.33. The van der Waals surface area contributed by atoms with Gasteiger partial charge in [0.1, 0.15) is 18.6 Å². The van der Waals surface area contributed by atoms with Gasteiger partial charge in [0.05, 0.1) is 31.5 Å². The molecule has 1 saturated heterocycles. The van der Waals surface area contributed by atoms with Gasteiger partial charge in [0, 0.05) is 13.0 Å². The number of methoxy groups -OCH3 is 1. The molecule has 13 heteroatoms. The van der Waals surface area contributed by atoms with Crippen molar-refractivity contribution in [3.63, 3.8) is 0 Å². The third-order valence-electron chi connectivity index (χ3n) is 6.93. The van der Waals surface area contributed by atoms with Crippen molar-refractivity contribution in [3.8, 4) is 0 Å². The van der Waals surface area contributed by atoms with E-state index in [1.807, 2.05) is 34.6 Å². The molecule has 0 spiro atoms. The van der Waals surface area contributed by atoms with Gasteiger partial charge in [-0.15, -0.1) is 0 Å². The summed E-state index contributed by atoms with van der Waals surface area (Å²) in [4.78, 5) is 78.8. The Kier molecular flexibility index (Phi) is 14.1. The van der Waals surface area contributed by atoms with Crippen LogP contribution in [0.2, 0.25) is 0 Å². The normalized spacial score (nSPS) is 19.2. The lowest BCUT2D eigenvalue weighted by atomic mass is 9.85. The summed E-state index contributed by atoms with van der Waals surface area (Å²) in [5.41, 5.74) is -1.31. The molecule has 1 rings (SSSR count). The van der Waals surface area contributed by atoms with Crippen LogP contribution >= 0.6 is 0 Å². The number of likely N-dealkylation sites (tertiary alicyclic amines) is 1. The zero-order valence-corrected chi connectivity index (χ0v) is 27.6. The number of carbonyl (C=O) groups excluding carboxylic acids is 6. The van der Waals surface area contributed by atoms with Gasteiger partial charge in [-0.05, 0) is 38.0 Å². The molecule has 0 radical (unpaired) electrons. The number of nitrogens with one attached hydrogen (secondary N) is 3. The molecular formula is C30H52N4O9. The average molecular weight is 613 g/mol. The van der Waals surface area contributed by atoms with E-state index in [2.05, 4.69) is 20.7 Å². The van der Waals surface area contributed by atoms with E-state index in [0.29, 0.717) is 6.42 Å². The Bertz CT molecular complexity index is 1020. The number of nitrogens with zero attached hydrogens (tertiary/aromatic N) is 1. The van der Waals surface area contributed by atoms with Crippen LogP contribution in [-0.2, 0) is 38.2 Å². The molecule has 1 aliphatic rings. The summed E-state index contributed by atoms with van der Waals surface area (Å²) in [5, 5.41) is 7.57. The van der Waals surface area contributed by atoms with Crippen molar-refractivity contribution < 1.29 is 43.0 Å². The largest absolute Gasteiger partial charge is 0.468 e. The van der Waals surface area contributed by atoms with Gasteiger partial charge in [-0.2, -0.15) is 0 Å². The van der Waals surface area contributed by atoms with Crippen molar-refractivity contribution in [1.82, 2.24) is 20.9 Å². The number of hydrogen-bond acceptors (Lipinski definition) is 9. The molecule has 4 amide bonds. The van der Waals surface area contributed by atoms with Crippen LogP contribution in [0, 0.1) is 17.3 Å². The molecule has 1 fully saturated rings. The maximum atomic E-state index is 14.0. The number of hydrogen-bond donors (Lipinski definition) is 3. The van der Waals surface area contributed by atoms with Gasteiger partial charge in [-0.3, -0.25) is 24.0 Å². The van der Waals surface area contributed by atoms with Crippen LogP contribution in [0.1, 0.15) is 82.1 Å². The molecular weight excluding hydrogens is 560 g/mol. The quantitative estimate of drug-likeness (QED) is 0.208. The molecule has 43 heavy (non-hydrogen) atoms. The fourth-order valence-corrected chi connectivity index (χ4v) is 4.50. The first-order valence-corrected chi connectivity index (χ1v) is 14.8. The molecule has 0 aliphatic carbocycles. The Morgan fingerprint density at radius 2 is 1.56 bits per heavy atom. The molecule has 246 valence electrons. The number of ketones is 1.